The molecule has 3 atom stereocenters. The minimum atomic E-state index is -0.924. The van der Waals surface area contributed by atoms with Gasteiger partial charge in [-0.15, -0.1) is 0 Å². The fourth-order valence-corrected chi connectivity index (χ4v) is 2.23. The highest BCUT2D eigenvalue weighted by atomic mass is 16.6. The maximum absolute atomic E-state index is 12.1. The van der Waals surface area contributed by atoms with Crippen LogP contribution >= 0.6 is 0 Å². The third-order valence-corrected chi connectivity index (χ3v) is 2.89. The van der Waals surface area contributed by atoms with E-state index in [1.165, 1.54) is 0 Å². The molecule has 1 rings (SSSR count). The molecule has 0 aromatic carbocycles. The van der Waals surface area contributed by atoms with Crippen molar-refractivity contribution in [2.24, 2.45) is 0 Å². The summed E-state index contributed by atoms with van der Waals surface area (Å²) >= 11 is 0. The molecule has 0 radical (unpaired) electrons. The lowest BCUT2D eigenvalue weighted by Gasteiger charge is -2.33. The molecule has 1 fully saturated rings. The molecular formula is C15H27N3O5. The Morgan fingerprint density at radius 2 is 1.70 bits per heavy atom. The summed E-state index contributed by atoms with van der Waals surface area (Å²) in [4.78, 5) is 35.3. The maximum Gasteiger partial charge on any atom is 0.408 e. The molecule has 3 N–H and O–H groups in total. The van der Waals surface area contributed by atoms with Crippen molar-refractivity contribution in [3.05, 3.63) is 0 Å². The molecule has 1 saturated heterocycles. The van der Waals surface area contributed by atoms with E-state index < -0.39 is 47.4 Å². The molecule has 1 heterocycles. The summed E-state index contributed by atoms with van der Waals surface area (Å²) in [5, 5.41) is 7.27. The monoisotopic (exact) mass is 329 g/mol. The zero-order valence-electron chi connectivity index (χ0n) is 14.8. The molecule has 0 aromatic heterocycles. The van der Waals surface area contributed by atoms with E-state index in [0.717, 1.165) is 0 Å². The Hall–Kier alpha value is -1.83. The first kappa shape index (κ1) is 19.2. The fourth-order valence-electron chi connectivity index (χ4n) is 2.23. The van der Waals surface area contributed by atoms with Crippen molar-refractivity contribution in [1.29, 1.82) is 0 Å². The van der Waals surface area contributed by atoms with Gasteiger partial charge in [-0.1, -0.05) is 0 Å². The highest BCUT2D eigenvalue weighted by Crippen LogP contribution is 2.17. The summed E-state index contributed by atoms with van der Waals surface area (Å²) in [7, 11) is 0. The molecule has 1 unspecified atom stereocenters. The molecule has 0 spiro atoms. The fraction of sp³-hybridized carbons (Fsp3) is 0.800. The van der Waals surface area contributed by atoms with Gasteiger partial charge in [-0.2, -0.15) is 0 Å². The van der Waals surface area contributed by atoms with Crippen LogP contribution in [0.25, 0.3) is 0 Å². The van der Waals surface area contributed by atoms with E-state index in [9.17, 15) is 14.4 Å². The van der Waals surface area contributed by atoms with Crippen molar-refractivity contribution in [3.63, 3.8) is 0 Å². The van der Waals surface area contributed by atoms with Gasteiger partial charge in [0.15, 0.2) is 0 Å². The van der Waals surface area contributed by atoms with E-state index in [4.69, 9.17) is 9.47 Å². The second-order valence-electron chi connectivity index (χ2n) is 7.55. The first-order valence-corrected chi connectivity index (χ1v) is 7.57. The third-order valence-electron chi connectivity index (χ3n) is 2.89. The summed E-state index contributed by atoms with van der Waals surface area (Å²) < 4.78 is 11.0. The second kappa shape index (κ2) is 6.74. The van der Waals surface area contributed by atoms with E-state index >= 15 is 0 Å². The predicted molar refractivity (Wildman–Crippen MR) is 83.9 cm³/mol. The van der Waals surface area contributed by atoms with Crippen LogP contribution in [0.5, 0.6) is 0 Å². The van der Waals surface area contributed by atoms with Gasteiger partial charge in [-0.3, -0.25) is 10.1 Å². The van der Waals surface area contributed by atoms with E-state index in [1.54, 1.807) is 27.7 Å². The zero-order chi connectivity index (χ0) is 18.0. The summed E-state index contributed by atoms with van der Waals surface area (Å²) in [5.41, 5.74) is -1.16. The van der Waals surface area contributed by atoms with E-state index in [1.807, 2.05) is 20.8 Å². The SMILES string of the molecule is C[C@@H](OC(C)(C)C)[C@H](NC(=O)OC(C)(C)C)C1NC(=O)NC1=O. The number of hydrogen-bond donors (Lipinski definition) is 3. The molecule has 132 valence electrons. The van der Waals surface area contributed by atoms with Crippen molar-refractivity contribution in [3.8, 4) is 0 Å². The number of amides is 4. The number of carbonyl (C=O) groups is 3. The van der Waals surface area contributed by atoms with Crippen molar-refractivity contribution in [1.82, 2.24) is 16.0 Å². The molecule has 4 amide bonds. The Bertz CT molecular complexity index is 478. The molecule has 8 heteroatoms. The molecule has 0 aromatic rings. The summed E-state index contributed by atoms with van der Waals surface area (Å²) in [5.74, 6) is -0.514. The van der Waals surface area contributed by atoms with Crippen LogP contribution in [0.15, 0.2) is 0 Å². The zero-order valence-corrected chi connectivity index (χ0v) is 14.8. The molecule has 0 aliphatic carbocycles. The number of hydrogen-bond acceptors (Lipinski definition) is 5. The lowest BCUT2D eigenvalue weighted by Crippen LogP contribution is -2.58. The van der Waals surface area contributed by atoms with Gasteiger partial charge in [-0.05, 0) is 48.5 Å². The highest BCUT2D eigenvalue weighted by Gasteiger charge is 2.41. The average Bonchev–Trinajstić information content (AvgIpc) is 2.60. The van der Waals surface area contributed by atoms with Gasteiger partial charge in [0.2, 0.25) is 0 Å². The maximum atomic E-state index is 12.1. The lowest BCUT2D eigenvalue weighted by atomic mass is 10.0. The number of nitrogens with one attached hydrogen (secondary N) is 3. The number of ether oxygens (including phenoxy) is 2. The van der Waals surface area contributed by atoms with Gasteiger partial charge in [-0.25, -0.2) is 9.59 Å². The summed E-state index contributed by atoms with van der Waals surface area (Å²) in [6, 6.07) is -2.29. The quantitative estimate of drug-likeness (QED) is 0.674. The Balaban J connectivity index is 2.90. The largest absolute Gasteiger partial charge is 0.444 e. The third kappa shape index (κ3) is 6.43. The van der Waals surface area contributed by atoms with E-state index in [-0.39, 0.29) is 0 Å². The molecule has 1 aliphatic rings. The second-order valence-corrected chi connectivity index (χ2v) is 7.55. The molecular weight excluding hydrogens is 302 g/mol. The number of carbonyl (C=O) groups excluding carboxylic acids is 3. The Morgan fingerprint density at radius 3 is 2.09 bits per heavy atom. The molecule has 0 saturated carbocycles. The summed E-state index contributed by atoms with van der Waals surface area (Å²) in [6.07, 6.45) is -1.21. The van der Waals surface area contributed by atoms with Gasteiger partial charge >= 0.3 is 12.1 Å². The smallest absolute Gasteiger partial charge is 0.408 e. The van der Waals surface area contributed by atoms with Crippen LogP contribution in [0.2, 0.25) is 0 Å². The van der Waals surface area contributed by atoms with Crippen LogP contribution in [0.3, 0.4) is 0 Å². The minimum Gasteiger partial charge on any atom is -0.444 e. The molecule has 23 heavy (non-hydrogen) atoms. The predicted octanol–water partition coefficient (Wildman–Crippen LogP) is 1.29. The van der Waals surface area contributed by atoms with E-state index in [2.05, 4.69) is 16.0 Å². The molecule has 8 nitrogen and oxygen atoms in total. The average molecular weight is 329 g/mol. The first-order valence-electron chi connectivity index (χ1n) is 7.57. The number of alkyl carbamates (subject to hydrolysis) is 1. The van der Waals surface area contributed by atoms with E-state index in [0.29, 0.717) is 0 Å². The molecule has 0 bridgehead atoms. The van der Waals surface area contributed by atoms with Crippen LogP contribution in [-0.2, 0) is 14.3 Å². The van der Waals surface area contributed by atoms with Gasteiger partial charge < -0.3 is 20.1 Å². The van der Waals surface area contributed by atoms with Gasteiger partial charge in [0, 0.05) is 0 Å². The van der Waals surface area contributed by atoms with Crippen molar-refractivity contribution >= 4 is 18.0 Å². The van der Waals surface area contributed by atoms with Crippen LogP contribution < -0.4 is 16.0 Å². The van der Waals surface area contributed by atoms with Crippen molar-refractivity contribution in [2.75, 3.05) is 0 Å². The first-order chi connectivity index (χ1) is 10.3. The number of imide groups is 1. The molecule has 1 aliphatic heterocycles. The van der Waals surface area contributed by atoms with Crippen molar-refractivity contribution < 1.29 is 23.9 Å². The van der Waals surface area contributed by atoms with Crippen LogP contribution in [0.1, 0.15) is 48.5 Å². The van der Waals surface area contributed by atoms with Gasteiger partial charge in [0.05, 0.1) is 17.7 Å². The van der Waals surface area contributed by atoms with Gasteiger partial charge in [0.1, 0.15) is 11.6 Å². The highest BCUT2D eigenvalue weighted by molar-refractivity contribution is 6.04. The lowest BCUT2D eigenvalue weighted by molar-refractivity contribution is -0.123. The Morgan fingerprint density at radius 1 is 1.13 bits per heavy atom. The van der Waals surface area contributed by atoms with Crippen LogP contribution in [-0.4, -0.2) is 47.4 Å². The number of urea groups is 1. The normalized spacial score (nSPS) is 21.3. The number of rotatable bonds is 4. The summed E-state index contributed by atoms with van der Waals surface area (Å²) in [6.45, 7) is 12.5. The van der Waals surface area contributed by atoms with Crippen molar-refractivity contribution in [2.45, 2.75) is 77.9 Å². The van der Waals surface area contributed by atoms with Crippen LogP contribution in [0, 0.1) is 0 Å². The van der Waals surface area contributed by atoms with Crippen LogP contribution in [0.4, 0.5) is 9.59 Å². The topological polar surface area (TPSA) is 106 Å². The Kier molecular flexibility index (Phi) is 5.63. The minimum absolute atomic E-state index is 0.480. The Labute approximate surface area is 136 Å². The van der Waals surface area contributed by atoms with Gasteiger partial charge in [0.25, 0.3) is 5.91 Å². The standard InChI is InChI=1S/C15H27N3O5/c1-8(22-14(2,3)4)9(10-11(19)18-12(20)16-10)17-13(21)23-15(5,6)7/h8-10H,1-7H3,(H,17,21)(H2,16,18,19,20)/t8-,9+,10?/m1/s1.